The molecule has 1 aliphatic rings. The lowest BCUT2D eigenvalue weighted by molar-refractivity contribution is -0.140. The quantitative estimate of drug-likeness (QED) is 0.185. The van der Waals surface area contributed by atoms with Gasteiger partial charge in [-0.1, -0.05) is 24.3 Å². The Morgan fingerprint density at radius 2 is 1.67 bits per heavy atom. The van der Waals surface area contributed by atoms with Gasteiger partial charge in [0, 0.05) is 12.1 Å². The molecule has 0 radical (unpaired) electrons. The first-order valence-electron chi connectivity index (χ1n) is 12.5. The van der Waals surface area contributed by atoms with Gasteiger partial charge >= 0.3 is 5.97 Å². The number of rotatable bonds is 8. The summed E-state index contributed by atoms with van der Waals surface area (Å²) in [5.41, 5.74) is 2.84. The lowest BCUT2D eigenvalue weighted by Gasteiger charge is -2.26. The highest BCUT2D eigenvalue weighted by atomic mass is 16.5. The molecule has 1 aliphatic heterocycles. The molecule has 1 atom stereocenters. The molecule has 0 bridgehead atoms. The molecule has 1 amide bonds. The van der Waals surface area contributed by atoms with Gasteiger partial charge in [0.25, 0.3) is 11.7 Å². The standard InChI is InChI=1S/C31H31NO7/c1-18(2)39-25-14-13-23(15-19(25)3)28(33)26-27(22-7-6-8-24(16-22)37-4)32(30(35)29(26)34)17-20-9-11-21(12-10-20)31(36)38-5/h6-16,18,27,33H,17H2,1-5H3/b28-26+. The molecule has 0 saturated carbocycles. The zero-order valence-electron chi connectivity index (χ0n) is 22.6. The van der Waals surface area contributed by atoms with Crippen molar-refractivity contribution in [3.05, 3.63) is 100 Å². The number of aryl methyl sites for hydroxylation is 1. The van der Waals surface area contributed by atoms with Gasteiger partial charge in [0.2, 0.25) is 0 Å². The van der Waals surface area contributed by atoms with Crippen LogP contribution in [0, 0.1) is 6.92 Å². The number of hydrogen-bond acceptors (Lipinski definition) is 7. The molecule has 4 rings (SSSR count). The van der Waals surface area contributed by atoms with Gasteiger partial charge in [-0.15, -0.1) is 0 Å². The molecule has 3 aromatic carbocycles. The highest BCUT2D eigenvalue weighted by Crippen LogP contribution is 2.41. The van der Waals surface area contributed by atoms with E-state index in [1.54, 1.807) is 66.7 Å². The predicted octanol–water partition coefficient (Wildman–Crippen LogP) is 5.20. The summed E-state index contributed by atoms with van der Waals surface area (Å²) < 4.78 is 15.9. The Morgan fingerprint density at radius 1 is 0.974 bits per heavy atom. The topological polar surface area (TPSA) is 102 Å². The van der Waals surface area contributed by atoms with Gasteiger partial charge < -0.3 is 24.2 Å². The lowest BCUT2D eigenvalue weighted by atomic mass is 9.94. The minimum Gasteiger partial charge on any atom is -0.507 e. The number of ketones is 1. The minimum atomic E-state index is -0.868. The largest absolute Gasteiger partial charge is 0.507 e. The third kappa shape index (κ3) is 5.65. The first-order chi connectivity index (χ1) is 18.6. The number of nitrogens with zero attached hydrogens (tertiary/aromatic N) is 1. The molecule has 8 nitrogen and oxygen atoms in total. The molecule has 0 aliphatic carbocycles. The molecule has 1 unspecified atom stereocenters. The summed E-state index contributed by atoms with van der Waals surface area (Å²) in [5, 5.41) is 11.4. The van der Waals surface area contributed by atoms with E-state index in [-0.39, 0.29) is 24.0 Å². The summed E-state index contributed by atoms with van der Waals surface area (Å²) in [6.07, 6.45) is -0.0248. The molecular formula is C31H31NO7. The van der Waals surface area contributed by atoms with E-state index < -0.39 is 23.7 Å². The van der Waals surface area contributed by atoms with E-state index >= 15 is 0 Å². The maximum atomic E-state index is 13.4. The number of hydrogen-bond donors (Lipinski definition) is 1. The van der Waals surface area contributed by atoms with Gasteiger partial charge in [-0.05, 0) is 79.9 Å². The van der Waals surface area contributed by atoms with Crippen molar-refractivity contribution in [1.82, 2.24) is 4.90 Å². The highest BCUT2D eigenvalue weighted by Gasteiger charge is 2.46. The van der Waals surface area contributed by atoms with Crippen molar-refractivity contribution in [2.75, 3.05) is 14.2 Å². The average Bonchev–Trinajstić information content (AvgIpc) is 3.18. The van der Waals surface area contributed by atoms with Crippen LogP contribution < -0.4 is 9.47 Å². The van der Waals surface area contributed by atoms with Gasteiger partial charge in [-0.3, -0.25) is 9.59 Å². The van der Waals surface area contributed by atoms with Crippen LogP contribution in [0.1, 0.15) is 52.5 Å². The first-order valence-corrected chi connectivity index (χ1v) is 12.5. The fourth-order valence-electron chi connectivity index (χ4n) is 4.60. The molecule has 0 aromatic heterocycles. The number of benzene rings is 3. The third-order valence-electron chi connectivity index (χ3n) is 6.49. The molecule has 8 heteroatoms. The molecular weight excluding hydrogens is 498 g/mol. The second kappa shape index (κ2) is 11.4. The Hall–Kier alpha value is -4.59. The molecule has 1 fully saturated rings. The summed E-state index contributed by atoms with van der Waals surface area (Å²) in [7, 11) is 2.83. The van der Waals surface area contributed by atoms with E-state index in [1.165, 1.54) is 19.1 Å². The van der Waals surface area contributed by atoms with Crippen molar-refractivity contribution in [3.8, 4) is 11.5 Å². The second-order valence-corrected chi connectivity index (χ2v) is 9.54. The Balaban J connectivity index is 1.80. The van der Waals surface area contributed by atoms with Crippen molar-refractivity contribution in [2.24, 2.45) is 0 Å². The van der Waals surface area contributed by atoms with Crippen molar-refractivity contribution in [1.29, 1.82) is 0 Å². The van der Waals surface area contributed by atoms with E-state index in [0.717, 1.165) is 5.56 Å². The Morgan fingerprint density at radius 3 is 2.28 bits per heavy atom. The number of carbonyl (C=O) groups excluding carboxylic acids is 3. The monoisotopic (exact) mass is 529 g/mol. The van der Waals surface area contributed by atoms with Gasteiger partial charge in [-0.25, -0.2) is 4.79 Å². The van der Waals surface area contributed by atoms with E-state index in [9.17, 15) is 19.5 Å². The van der Waals surface area contributed by atoms with Crippen LogP contribution in [0.3, 0.4) is 0 Å². The zero-order chi connectivity index (χ0) is 28.3. The van der Waals surface area contributed by atoms with Crippen molar-refractivity contribution in [2.45, 2.75) is 39.5 Å². The minimum absolute atomic E-state index is 0.0173. The summed E-state index contributed by atoms with van der Waals surface area (Å²) in [4.78, 5) is 40.0. The van der Waals surface area contributed by atoms with E-state index in [2.05, 4.69) is 0 Å². The molecule has 3 aromatic rings. The third-order valence-corrected chi connectivity index (χ3v) is 6.49. The van der Waals surface area contributed by atoms with Crippen LogP contribution in [0.5, 0.6) is 11.5 Å². The fraction of sp³-hybridized carbons (Fsp3) is 0.258. The van der Waals surface area contributed by atoms with Crippen molar-refractivity contribution < 1.29 is 33.7 Å². The van der Waals surface area contributed by atoms with Crippen molar-refractivity contribution in [3.63, 3.8) is 0 Å². The number of methoxy groups -OCH3 is 2. The Labute approximate surface area is 227 Å². The van der Waals surface area contributed by atoms with Crippen LogP contribution in [0.25, 0.3) is 5.76 Å². The molecule has 1 heterocycles. The van der Waals surface area contributed by atoms with E-state index in [0.29, 0.717) is 33.8 Å². The number of esters is 1. The number of aliphatic hydroxyl groups excluding tert-OH is 1. The first kappa shape index (κ1) is 27.4. The number of Topliss-reactive ketones (excluding diaryl/α,β-unsaturated/α-hetero) is 1. The van der Waals surface area contributed by atoms with Crippen LogP contribution in [0.15, 0.2) is 72.3 Å². The molecule has 1 N–H and O–H groups in total. The van der Waals surface area contributed by atoms with Crippen LogP contribution in [0.4, 0.5) is 0 Å². The van der Waals surface area contributed by atoms with Gasteiger partial charge in [0.1, 0.15) is 17.3 Å². The Kier molecular flexibility index (Phi) is 8.04. The number of carbonyl (C=O) groups is 3. The fourth-order valence-corrected chi connectivity index (χ4v) is 4.60. The Bertz CT molecular complexity index is 1440. The van der Waals surface area contributed by atoms with Gasteiger partial charge in [-0.2, -0.15) is 0 Å². The molecule has 1 saturated heterocycles. The SMILES string of the molecule is COC(=O)c1ccc(CN2C(=O)C(=O)/C(=C(/O)c3ccc(OC(C)C)c(C)c3)C2c2cccc(OC)c2)cc1. The number of likely N-dealkylation sites (tertiary alicyclic amines) is 1. The van der Waals surface area contributed by atoms with Crippen LogP contribution in [-0.2, 0) is 20.9 Å². The smallest absolute Gasteiger partial charge is 0.337 e. The van der Waals surface area contributed by atoms with Crippen molar-refractivity contribution >= 4 is 23.4 Å². The summed E-state index contributed by atoms with van der Waals surface area (Å²) in [5.74, 6) is -1.06. The molecule has 0 spiro atoms. The normalized spacial score (nSPS) is 16.5. The summed E-state index contributed by atoms with van der Waals surface area (Å²) in [6, 6.07) is 17.9. The molecule has 202 valence electrons. The van der Waals surface area contributed by atoms with Crippen LogP contribution in [0.2, 0.25) is 0 Å². The number of amides is 1. The maximum Gasteiger partial charge on any atom is 0.337 e. The maximum absolute atomic E-state index is 13.4. The lowest BCUT2D eigenvalue weighted by Crippen LogP contribution is -2.29. The van der Waals surface area contributed by atoms with Crippen LogP contribution >= 0.6 is 0 Å². The molecule has 39 heavy (non-hydrogen) atoms. The zero-order valence-corrected chi connectivity index (χ0v) is 22.6. The van der Waals surface area contributed by atoms with Gasteiger partial charge in [0.15, 0.2) is 0 Å². The average molecular weight is 530 g/mol. The number of ether oxygens (including phenoxy) is 3. The summed E-state index contributed by atoms with van der Waals surface area (Å²) >= 11 is 0. The van der Waals surface area contributed by atoms with Gasteiger partial charge in [0.05, 0.1) is 37.5 Å². The van der Waals surface area contributed by atoms with E-state index in [4.69, 9.17) is 14.2 Å². The number of aliphatic hydroxyl groups is 1. The second-order valence-electron chi connectivity index (χ2n) is 9.54. The van der Waals surface area contributed by atoms with E-state index in [1.807, 2.05) is 20.8 Å². The van der Waals surface area contributed by atoms with Crippen LogP contribution in [-0.4, -0.2) is 48.0 Å². The highest BCUT2D eigenvalue weighted by molar-refractivity contribution is 6.46. The predicted molar refractivity (Wildman–Crippen MR) is 146 cm³/mol. The summed E-state index contributed by atoms with van der Waals surface area (Å²) in [6.45, 7) is 5.77.